The van der Waals surface area contributed by atoms with Crippen molar-refractivity contribution < 1.29 is 31.8 Å². The van der Waals surface area contributed by atoms with E-state index in [2.05, 4.69) is 41.5 Å². The molecule has 0 bridgehead atoms. The second-order valence-electron chi connectivity index (χ2n) is 6.83. The van der Waals surface area contributed by atoms with Crippen molar-refractivity contribution in [2.24, 2.45) is 17.8 Å². The van der Waals surface area contributed by atoms with Crippen LogP contribution in [0.3, 0.4) is 0 Å². The fraction of sp³-hybridized carbons (Fsp3) is 1.00. The molecule has 0 unspecified atom stereocenters. The molecule has 0 aliphatic heterocycles. The molecule has 0 rings (SSSR count). The van der Waals surface area contributed by atoms with E-state index in [0.717, 1.165) is 18.1 Å². The van der Waals surface area contributed by atoms with E-state index in [9.17, 15) is 7.38 Å². The van der Waals surface area contributed by atoms with Gasteiger partial charge >= 0.3 is 125 Å². The Hall–Kier alpha value is 0.771. The van der Waals surface area contributed by atoms with Gasteiger partial charge in [-0.05, 0) is 0 Å². The van der Waals surface area contributed by atoms with Gasteiger partial charge in [-0.25, -0.2) is 0 Å². The summed E-state index contributed by atoms with van der Waals surface area (Å²) in [6.45, 7) is 13.0. The molecule has 0 radical (unpaired) electrons. The maximum atomic E-state index is 9.93. The van der Waals surface area contributed by atoms with Gasteiger partial charge in [-0.15, -0.1) is 0 Å². The zero-order valence-electron chi connectivity index (χ0n) is 13.6. The summed E-state index contributed by atoms with van der Waals surface area (Å²) < 4.78 is 30.6. The minimum atomic E-state index is -4.48. The quantitative estimate of drug-likeness (QED) is 0.637. The first-order chi connectivity index (χ1) is 8.52. The van der Waals surface area contributed by atoms with Crippen molar-refractivity contribution >= 4 is 8.32 Å². The van der Waals surface area contributed by atoms with E-state index in [0.29, 0.717) is 17.8 Å². The van der Waals surface area contributed by atoms with Gasteiger partial charge < -0.3 is 0 Å². The maximum absolute atomic E-state index is 9.93. The van der Waals surface area contributed by atoms with E-state index in [-0.39, 0.29) is 0 Å². The molecule has 0 spiro atoms. The molecule has 0 saturated heterocycles. The molecule has 2 N–H and O–H groups in total. The Morgan fingerprint density at radius 3 is 1.37 bits per heavy atom. The Morgan fingerprint density at radius 1 is 0.842 bits per heavy atom. The average Bonchev–Trinajstić information content (AvgIpc) is 2.12. The number of hydrogen-bond donors (Lipinski definition) is 2. The topological polar surface area (TPSA) is 58.9 Å². The van der Waals surface area contributed by atoms with Crippen LogP contribution in [0.1, 0.15) is 41.5 Å². The Morgan fingerprint density at radius 2 is 1.16 bits per heavy atom. The van der Waals surface area contributed by atoms with Gasteiger partial charge in [0, 0.05) is 0 Å². The molecule has 4 nitrogen and oxygen atoms in total. The summed E-state index contributed by atoms with van der Waals surface area (Å²) in [6.07, 6.45) is 0. The summed E-state index contributed by atoms with van der Waals surface area (Å²) in [5.41, 5.74) is 0. The van der Waals surface area contributed by atoms with Gasteiger partial charge in [0.1, 0.15) is 0 Å². The second-order valence-corrected chi connectivity index (χ2v) is 13.9. The summed E-state index contributed by atoms with van der Waals surface area (Å²) in [7, 11) is -0.850. The van der Waals surface area contributed by atoms with E-state index in [1.807, 2.05) is 0 Å². The number of rotatable bonds is 9. The molecule has 0 saturated carbocycles. The van der Waals surface area contributed by atoms with Crippen molar-refractivity contribution in [1.29, 1.82) is 0 Å². The molecule has 0 aliphatic rings. The predicted molar refractivity (Wildman–Crippen MR) is 77.2 cm³/mol. The molecule has 0 aliphatic carbocycles. The first kappa shape index (κ1) is 19.8. The molecule has 0 aromatic rings. The predicted octanol–water partition coefficient (Wildman–Crippen LogP) is 3.36. The molecule has 0 aromatic heterocycles. The zero-order valence-corrected chi connectivity index (χ0v) is 16.1. The third kappa shape index (κ3) is 8.60. The zero-order chi connectivity index (χ0) is 15.3. The summed E-state index contributed by atoms with van der Waals surface area (Å²) in [4.78, 5) is 0. The van der Waals surface area contributed by atoms with E-state index >= 15 is 0 Å². The normalized spacial score (nSPS) is 13.9. The van der Waals surface area contributed by atoms with Crippen LogP contribution in [0.2, 0.25) is 18.1 Å². The molecule has 0 amide bonds. The molecular weight excluding hydrogens is 296 g/mol. The molecule has 0 aromatic carbocycles. The third-order valence-electron chi connectivity index (χ3n) is 2.96. The first-order valence-corrected chi connectivity index (χ1v) is 12.4. The van der Waals surface area contributed by atoms with E-state index in [1.165, 1.54) is 7.11 Å². The fourth-order valence-corrected chi connectivity index (χ4v) is 13.0. The Kier molecular flexibility index (Phi) is 8.61. The summed E-state index contributed by atoms with van der Waals surface area (Å²) >= 11 is -4.48. The van der Waals surface area contributed by atoms with Crippen LogP contribution in [0.5, 0.6) is 0 Å². The second kappa shape index (κ2) is 8.27. The Labute approximate surface area is 124 Å². The molecular formula is C13H32O4SiTi. The molecule has 0 atom stereocenters. The van der Waals surface area contributed by atoms with Gasteiger partial charge in [0.05, 0.1) is 0 Å². The molecule has 116 valence electrons. The SMILES string of the molecule is C[O][Ti]([OH])([OH])[O][Si](CC(C)C)(CC(C)C)CC(C)C. The van der Waals surface area contributed by atoms with Gasteiger partial charge in [0.15, 0.2) is 0 Å². The average molecular weight is 328 g/mol. The van der Waals surface area contributed by atoms with Gasteiger partial charge in [-0.3, -0.25) is 0 Å². The van der Waals surface area contributed by atoms with Gasteiger partial charge in [0.2, 0.25) is 0 Å². The van der Waals surface area contributed by atoms with E-state index in [4.69, 9.17) is 6.33 Å². The van der Waals surface area contributed by atoms with Crippen LogP contribution in [0.4, 0.5) is 0 Å². The molecule has 0 heterocycles. The van der Waals surface area contributed by atoms with Crippen molar-refractivity contribution in [3.8, 4) is 0 Å². The monoisotopic (exact) mass is 328 g/mol. The van der Waals surface area contributed by atoms with Crippen LogP contribution >= 0.6 is 0 Å². The summed E-state index contributed by atoms with van der Waals surface area (Å²) in [5.74, 6) is 1.50. The third-order valence-corrected chi connectivity index (χ3v) is 12.4. The minimum absolute atomic E-state index is 0.499. The van der Waals surface area contributed by atoms with Crippen molar-refractivity contribution in [3.63, 3.8) is 0 Å². The summed E-state index contributed by atoms with van der Waals surface area (Å²) in [5, 5.41) is 0. The van der Waals surface area contributed by atoms with Gasteiger partial charge in [-0.2, -0.15) is 0 Å². The van der Waals surface area contributed by atoms with Crippen LogP contribution in [-0.4, -0.2) is 22.8 Å². The standard InChI is InChI=1S/C12H27OSi.CH3O.2H2O.Ti/c1-10(2)7-14(13,8-11(3)4)9-12(5)6;1-2;;;/h10-12H,7-9H2,1-6H3;1H3;2*1H2;/q2*-1;;;+4/p-2. The fourth-order valence-electron chi connectivity index (χ4n) is 2.93. The van der Waals surface area contributed by atoms with Crippen molar-refractivity contribution in [2.75, 3.05) is 7.11 Å². The molecule has 19 heavy (non-hydrogen) atoms. The van der Waals surface area contributed by atoms with Crippen LogP contribution in [0.25, 0.3) is 0 Å². The first-order valence-electron chi connectivity index (χ1n) is 7.22. The van der Waals surface area contributed by atoms with Gasteiger partial charge in [-0.1, -0.05) is 0 Å². The van der Waals surface area contributed by atoms with Crippen LogP contribution in [0.15, 0.2) is 0 Å². The van der Waals surface area contributed by atoms with Crippen LogP contribution in [0, 0.1) is 17.8 Å². The van der Waals surface area contributed by atoms with E-state index in [1.54, 1.807) is 0 Å². The molecule has 6 heteroatoms. The Bertz CT molecular complexity index is 230. The summed E-state index contributed by atoms with van der Waals surface area (Å²) in [6, 6.07) is 2.88. The van der Waals surface area contributed by atoms with Crippen LogP contribution in [-0.2, 0) is 24.5 Å². The van der Waals surface area contributed by atoms with Gasteiger partial charge in [0.25, 0.3) is 0 Å². The van der Waals surface area contributed by atoms with Crippen LogP contribution < -0.4 is 0 Å². The van der Waals surface area contributed by atoms with Crippen molar-refractivity contribution in [2.45, 2.75) is 59.7 Å². The molecule has 0 fully saturated rings. The van der Waals surface area contributed by atoms with Crippen molar-refractivity contribution in [3.05, 3.63) is 0 Å². The number of hydrogen-bond acceptors (Lipinski definition) is 4. The Balaban J connectivity index is 5.21. The van der Waals surface area contributed by atoms with Crippen molar-refractivity contribution in [1.82, 2.24) is 0 Å². The van der Waals surface area contributed by atoms with E-state index < -0.39 is 26.5 Å².